The predicted molar refractivity (Wildman–Crippen MR) is 135 cm³/mol. The predicted octanol–water partition coefficient (Wildman–Crippen LogP) is 5.48. The van der Waals surface area contributed by atoms with Gasteiger partial charge >= 0.3 is 0 Å². The maximum Gasteiger partial charge on any atom is 0.174 e. The van der Waals surface area contributed by atoms with Crippen molar-refractivity contribution in [1.29, 1.82) is 0 Å². The van der Waals surface area contributed by atoms with E-state index >= 15 is 0 Å². The van der Waals surface area contributed by atoms with Gasteiger partial charge in [0.15, 0.2) is 5.11 Å². The summed E-state index contributed by atoms with van der Waals surface area (Å²) in [5, 5.41) is 5.30. The van der Waals surface area contributed by atoms with E-state index in [0.717, 1.165) is 79.8 Å². The highest BCUT2D eigenvalue weighted by Crippen LogP contribution is 2.28. The highest BCUT2D eigenvalue weighted by molar-refractivity contribution is 7.80. The van der Waals surface area contributed by atoms with Gasteiger partial charge in [0.05, 0.1) is 19.3 Å². The fraction of sp³-hybridized carbons (Fsp3) is 0.423. The largest absolute Gasteiger partial charge is 0.459 e. The van der Waals surface area contributed by atoms with Crippen molar-refractivity contribution in [2.45, 2.75) is 32.7 Å². The van der Waals surface area contributed by atoms with Crippen molar-refractivity contribution in [3.63, 3.8) is 0 Å². The number of thiocarbonyl (C=S) groups is 1. The minimum Gasteiger partial charge on any atom is -0.459 e. The number of morpholine rings is 1. The Morgan fingerprint density at radius 3 is 2.59 bits per heavy atom. The molecule has 0 radical (unpaired) electrons. The van der Waals surface area contributed by atoms with Crippen LogP contribution in [-0.2, 0) is 11.2 Å². The number of benzene rings is 2. The summed E-state index contributed by atoms with van der Waals surface area (Å²) in [6, 6.07) is 18.8. The summed E-state index contributed by atoms with van der Waals surface area (Å²) in [6.45, 7) is 9.89. The van der Waals surface area contributed by atoms with Gasteiger partial charge in [0.2, 0.25) is 0 Å². The third kappa shape index (κ3) is 5.68. The number of rotatable bonds is 8. The van der Waals surface area contributed by atoms with Gasteiger partial charge in [-0.25, -0.2) is 0 Å². The Hall–Kier alpha value is -2.41. The molecule has 1 N–H and O–H groups in total. The van der Waals surface area contributed by atoms with Gasteiger partial charge < -0.3 is 19.4 Å². The van der Waals surface area contributed by atoms with Gasteiger partial charge in [-0.05, 0) is 61.8 Å². The Labute approximate surface area is 196 Å². The fourth-order valence-electron chi connectivity index (χ4n) is 4.14. The Bertz CT molecular complexity index is 978. The second-order valence-corrected chi connectivity index (χ2v) is 8.73. The Kier molecular flexibility index (Phi) is 7.79. The third-order valence-electron chi connectivity index (χ3n) is 6.18. The SMILES string of the molecule is CCc1ccc(NC(=S)N(CCCN2CCOCC2)[C@@H](C)c2cc3ccccc3o2)cc1. The minimum absolute atomic E-state index is 0.0296. The zero-order valence-corrected chi connectivity index (χ0v) is 19.9. The zero-order chi connectivity index (χ0) is 22.3. The summed E-state index contributed by atoms with van der Waals surface area (Å²) in [5.41, 5.74) is 3.25. The van der Waals surface area contributed by atoms with E-state index in [0.29, 0.717) is 0 Å². The van der Waals surface area contributed by atoms with E-state index in [2.05, 4.69) is 65.4 Å². The van der Waals surface area contributed by atoms with Crippen LogP contribution < -0.4 is 5.32 Å². The lowest BCUT2D eigenvalue weighted by atomic mass is 10.1. The molecule has 0 saturated carbocycles. The highest BCUT2D eigenvalue weighted by atomic mass is 32.1. The van der Waals surface area contributed by atoms with Gasteiger partial charge in [-0.1, -0.05) is 37.3 Å². The van der Waals surface area contributed by atoms with Crippen LogP contribution in [0.25, 0.3) is 11.0 Å². The zero-order valence-electron chi connectivity index (χ0n) is 19.0. The maximum atomic E-state index is 6.18. The molecule has 0 amide bonds. The van der Waals surface area contributed by atoms with Crippen LogP contribution in [0.3, 0.4) is 0 Å². The van der Waals surface area contributed by atoms with Gasteiger partial charge in [-0.3, -0.25) is 4.90 Å². The average molecular weight is 452 g/mol. The third-order valence-corrected chi connectivity index (χ3v) is 6.51. The molecule has 4 rings (SSSR count). The first-order valence-corrected chi connectivity index (χ1v) is 12.0. The summed E-state index contributed by atoms with van der Waals surface area (Å²) in [6.07, 6.45) is 2.06. The molecule has 0 unspecified atom stereocenters. The Morgan fingerprint density at radius 2 is 1.88 bits per heavy atom. The molecule has 2 heterocycles. The standard InChI is InChI=1S/C26H33N3O2S/c1-3-21-9-11-23(12-10-21)27-26(32)29(14-6-13-28-15-17-30-18-16-28)20(2)25-19-22-7-4-5-8-24(22)31-25/h4-5,7-12,19-20H,3,6,13-18H2,1-2H3,(H,27,32)/t20-/m0/s1. The van der Waals surface area contributed by atoms with E-state index in [4.69, 9.17) is 21.4 Å². The smallest absolute Gasteiger partial charge is 0.174 e. The Balaban J connectivity index is 1.48. The van der Waals surface area contributed by atoms with E-state index in [1.54, 1.807) is 0 Å². The first-order valence-electron chi connectivity index (χ1n) is 11.6. The monoisotopic (exact) mass is 451 g/mol. The lowest BCUT2D eigenvalue weighted by molar-refractivity contribution is 0.0365. The number of nitrogens with one attached hydrogen (secondary N) is 1. The molecule has 0 spiro atoms. The fourth-order valence-corrected chi connectivity index (χ4v) is 4.51. The van der Waals surface area contributed by atoms with Crippen LogP contribution >= 0.6 is 12.2 Å². The molecule has 170 valence electrons. The summed E-state index contributed by atoms with van der Waals surface area (Å²) in [5.74, 6) is 0.933. The van der Waals surface area contributed by atoms with E-state index < -0.39 is 0 Å². The molecule has 6 heteroatoms. The van der Waals surface area contributed by atoms with Crippen LogP contribution in [0.2, 0.25) is 0 Å². The highest BCUT2D eigenvalue weighted by Gasteiger charge is 2.22. The molecular weight excluding hydrogens is 418 g/mol. The van der Waals surface area contributed by atoms with Crippen molar-refractivity contribution in [1.82, 2.24) is 9.80 Å². The molecule has 0 bridgehead atoms. The first-order chi connectivity index (χ1) is 15.6. The van der Waals surface area contributed by atoms with Crippen molar-refractivity contribution in [2.75, 3.05) is 44.7 Å². The summed E-state index contributed by atoms with van der Waals surface area (Å²) < 4.78 is 11.7. The molecule has 1 saturated heterocycles. The van der Waals surface area contributed by atoms with Crippen molar-refractivity contribution in [3.05, 3.63) is 65.9 Å². The number of ether oxygens (including phenoxy) is 1. The number of furan rings is 1. The summed E-state index contributed by atoms with van der Waals surface area (Å²) in [4.78, 5) is 4.72. The second-order valence-electron chi connectivity index (χ2n) is 8.34. The number of aryl methyl sites for hydroxylation is 1. The summed E-state index contributed by atoms with van der Waals surface area (Å²) >= 11 is 5.89. The molecule has 1 aliphatic heterocycles. The van der Waals surface area contributed by atoms with Crippen molar-refractivity contribution >= 4 is 34.0 Å². The van der Waals surface area contributed by atoms with E-state index in [9.17, 15) is 0 Å². The lowest BCUT2D eigenvalue weighted by Gasteiger charge is -2.32. The first kappa shape index (κ1) is 22.8. The van der Waals surface area contributed by atoms with Crippen molar-refractivity contribution < 1.29 is 9.15 Å². The Morgan fingerprint density at radius 1 is 1.12 bits per heavy atom. The molecular formula is C26H33N3O2S. The van der Waals surface area contributed by atoms with Gasteiger partial charge in [0, 0.05) is 37.3 Å². The van der Waals surface area contributed by atoms with Crippen LogP contribution in [0.5, 0.6) is 0 Å². The number of fused-ring (bicyclic) bond motifs is 1. The molecule has 5 nitrogen and oxygen atoms in total. The molecule has 1 fully saturated rings. The van der Waals surface area contributed by atoms with Crippen LogP contribution in [0.1, 0.15) is 37.6 Å². The van der Waals surface area contributed by atoms with Gasteiger partial charge in [0.25, 0.3) is 0 Å². The van der Waals surface area contributed by atoms with E-state index in [-0.39, 0.29) is 6.04 Å². The number of anilines is 1. The molecule has 1 aromatic heterocycles. The molecule has 3 aromatic rings. The molecule has 0 aliphatic carbocycles. The topological polar surface area (TPSA) is 40.9 Å². The molecule has 1 atom stereocenters. The van der Waals surface area contributed by atoms with Gasteiger partial charge in [-0.2, -0.15) is 0 Å². The van der Waals surface area contributed by atoms with Crippen LogP contribution in [0, 0.1) is 0 Å². The van der Waals surface area contributed by atoms with Gasteiger partial charge in [0.1, 0.15) is 11.3 Å². The maximum absolute atomic E-state index is 6.18. The molecule has 2 aromatic carbocycles. The van der Waals surface area contributed by atoms with Crippen molar-refractivity contribution in [2.24, 2.45) is 0 Å². The molecule has 32 heavy (non-hydrogen) atoms. The average Bonchev–Trinajstić information content (AvgIpc) is 3.27. The summed E-state index contributed by atoms with van der Waals surface area (Å²) in [7, 11) is 0. The number of para-hydroxylation sites is 1. The van der Waals surface area contributed by atoms with Crippen LogP contribution in [0.4, 0.5) is 5.69 Å². The quantitative estimate of drug-likeness (QED) is 0.458. The minimum atomic E-state index is 0.0296. The van der Waals surface area contributed by atoms with E-state index in [1.165, 1.54) is 5.56 Å². The van der Waals surface area contributed by atoms with E-state index in [1.807, 2.05) is 18.2 Å². The number of hydrogen-bond acceptors (Lipinski definition) is 4. The van der Waals surface area contributed by atoms with Crippen molar-refractivity contribution in [3.8, 4) is 0 Å². The van der Waals surface area contributed by atoms with Gasteiger partial charge in [-0.15, -0.1) is 0 Å². The second kappa shape index (κ2) is 10.9. The van der Waals surface area contributed by atoms with Crippen LogP contribution in [-0.4, -0.2) is 54.3 Å². The lowest BCUT2D eigenvalue weighted by Crippen LogP contribution is -2.41. The number of nitrogens with zero attached hydrogens (tertiary/aromatic N) is 2. The van der Waals surface area contributed by atoms with Crippen LogP contribution in [0.15, 0.2) is 59.0 Å². The number of hydrogen-bond donors (Lipinski definition) is 1. The normalized spacial score (nSPS) is 15.6. The molecule has 1 aliphatic rings.